The zero-order valence-corrected chi connectivity index (χ0v) is 11.7. The Hall–Kier alpha value is -1.93. The average Bonchev–Trinajstić information content (AvgIpc) is 2.91. The van der Waals surface area contributed by atoms with E-state index >= 15 is 0 Å². The van der Waals surface area contributed by atoms with Crippen LogP contribution in [-0.2, 0) is 11.2 Å². The van der Waals surface area contributed by atoms with Gasteiger partial charge in [-0.25, -0.2) is 0 Å². The molecule has 0 bridgehead atoms. The second-order valence-electron chi connectivity index (χ2n) is 5.54. The van der Waals surface area contributed by atoms with Gasteiger partial charge in [0.05, 0.1) is 12.6 Å². The van der Waals surface area contributed by atoms with Crippen LogP contribution >= 0.6 is 0 Å². The number of aromatic nitrogens is 1. The second-order valence-corrected chi connectivity index (χ2v) is 5.54. The minimum absolute atomic E-state index is 0.285. The highest BCUT2D eigenvalue weighted by Crippen LogP contribution is 2.34. The predicted octanol–water partition coefficient (Wildman–Crippen LogP) is -0.478. The van der Waals surface area contributed by atoms with Crippen LogP contribution in [0.2, 0.25) is 0 Å². The molecule has 7 nitrogen and oxygen atoms in total. The van der Waals surface area contributed by atoms with Crippen LogP contribution in [-0.4, -0.2) is 56.2 Å². The molecule has 0 aliphatic carbocycles. The van der Waals surface area contributed by atoms with Crippen molar-refractivity contribution in [3.8, 4) is 0 Å². The third kappa shape index (κ3) is 2.38. The lowest BCUT2D eigenvalue weighted by Crippen LogP contribution is -2.51. The van der Waals surface area contributed by atoms with Gasteiger partial charge in [0.1, 0.15) is 18.2 Å². The first-order valence-electron chi connectivity index (χ1n) is 7.08. The number of rotatable bonds is 4. The molecule has 7 heteroatoms. The van der Waals surface area contributed by atoms with Crippen molar-refractivity contribution in [3.63, 3.8) is 0 Å². The minimum atomic E-state index is -1.36. The highest BCUT2D eigenvalue weighted by molar-refractivity contribution is 5.86. The summed E-state index contributed by atoms with van der Waals surface area (Å²) < 4.78 is 0. The first kappa shape index (κ1) is 15.0. The SMILES string of the molecule is O=C(O)C1Cc2c([nH]c3ccccc23)C(C(O)C(O)CO)N1. The zero-order valence-electron chi connectivity index (χ0n) is 11.7. The molecule has 2 heterocycles. The first-order chi connectivity index (χ1) is 10.5. The Morgan fingerprint density at radius 3 is 2.73 bits per heavy atom. The summed E-state index contributed by atoms with van der Waals surface area (Å²) >= 11 is 0. The van der Waals surface area contributed by atoms with E-state index in [2.05, 4.69) is 10.3 Å². The zero-order chi connectivity index (χ0) is 15.9. The molecule has 1 aliphatic rings. The summed E-state index contributed by atoms with van der Waals surface area (Å²) in [6.07, 6.45) is -2.39. The molecular weight excluding hydrogens is 288 g/mol. The van der Waals surface area contributed by atoms with Crippen LogP contribution in [0.25, 0.3) is 10.9 Å². The van der Waals surface area contributed by atoms with E-state index in [1.165, 1.54) is 0 Å². The molecule has 0 spiro atoms. The van der Waals surface area contributed by atoms with E-state index in [1.807, 2.05) is 24.3 Å². The van der Waals surface area contributed by atoms with Gasteiger partial charge >= 0.3 is 5.97 Å². The van der Waals surface area contributed by atoms with Crippen molar-refractivity contribution in [1.29, 1.82) is 0 Å². The largest absolute Gasteiger partial charge is 0.480 e. The fraction of sp³-hybridized carbons (Fsp3) is 0.400. The molecule has 0 radical (unpaired) electrons. The third-order valence-electron chi connectivity index (χ3n) is 4.17. The van der Waals surface area contributed by atoms with Crippen molar-refractivity contribution in [2.24, 2.45) is 0 Å². The van der Waals surface area contributed by atoms with Crippen LogP contribution in [0.15, 0.2) is 24.3 Å². The van der Waals surface area contributed by atoms with Gasteiger partial charge in [0.2, 0.25) is 0 Å². The van der Waals surface area contributed by atoms with Gasteiger partial charge in [0.25, 0.3) is 0 Å². The number of aliphatic carboxylic acids is 1. The number of hydrogen-bond donors (Lipinski definition) is 6. The lowest BCUT2D eigenvalue weighted by molar-refractivity contribution is -0.140. The lowest BCUT2D eigenvalue weighted by Gasteiger charge is -2.33. The number of fused-ring (bicyclic) bond motifs is 3. The Kier molecular flexibility index (Phi) is 3.88. The van der Waals surface area contributed by atoms with Crippen molar-refractivity contribution in [2.45, 2.75) is 30.7 Å². The molecule has 0 amide bonds. The molecule has 2 aromatic rings. The smallest absolute Gasteiger partial charge is 0.321 e. The number of aromatic amines is 1. The van der Waals surface area contributed by atoms with Gasteiger partial charge < -0.3 is 25.4 Å². The Balaban J connectivity index is 2.10. The number of carboxylic acid groups (broad SMARTS) is 1. The normalized spacial score (nSPS) is 24.0. The fourth-order valence-electron chi connectivity index (χ4n) is 3.03. The summed E-state index contributed by atoms with van der Waals surface area (Å²) in [7, 11) is 0. The van der Waals surface area contributed by atoms with Crippen LogP contribution in [0, 0.1) is 0 Å². The number of aliphatic hydroxyl groups excluding tert-OH is 3. The van der Waals surface area contributed by atoms with Gasteiger partial charge in [-0.15, -0.1) is 0 Å². The van der Waals surface area contributed by atoms with Crippen molar-refractivity contribution < 1.29 is 25.2 Å². The Bertz CT molecular complexity index is 698. The van der Waals surface area contributed by atoms with E-state index in [9.17, 15) is 20.1 Å². The number of nitrogens with one attached hydrogen (secondary N) is 2. The van der Waals surface area contributed by atoms with E-state index < -0.39 is 36.9 Å². The number of aliphatic hydroxyl groups is 3. The number of carbonyl (C=O) groups is 1. The summed E-state index contributed by atoms with van der Waals surface area (Å²) in [6, 6.07) is 5.83. The number of H-pyrrole nitrogens is 1. The standard InChI is InChI=1S/C15H18N2O5/c18-6-11(19)14(20)13-12-8(5-10(17-13)15(21)22)7-3-1-2-4-9(7)16-12/h1-4,10-11,13-14,16-20H,5-6H2,(H,21,22). The minimum Gasteiger partial charge on any atom is -0.480 e. The quantitative estimate of drug-likeness (QED) is 0.453. The van der Waals surface area contributed by atoms with Crippen molar-refractivity contribution in [3.05, 3.63) is 35.5 Å². The highest BCUT2D eigenvalue weighted by Gasteiger charge is 2.38. The molecule has 3 rings (SSSR count). The van der Waals surface area contributed by atoms with Gasteiger partial charge in [-0.3, -0.25) is 10.1 Å². The topological polar surface area (TPSA) is 126 Å². The van der Waals surface area contributed by atoms with Crippen LogP contribution in [0.4, 0.5) is 0 Å². The molecule has 4 unspecified atom stereocenters. The Labute approximate surface area is 126 Å². The predicted molar refractivity (Wildman–Crippen MR) is 78.4 cm³/mol. The lowest BCUT2D eigenvalue weighted by atomic mass is 9.90. The maximum atomic E-state index is 11.4. The molecule has 1 aromatic heterocycles. The molecule has 1 aliphatic heterocycles. The summed E-state index contributed by atoms with van der Waals surface area (Å²) in [5.74, 6) is -1.02. The Morgan fingerprint density at radius 2 is 2.05 bits per heavy atom. The average molecular weight is 306 g/mol. The van der Waals surface area contributed by atoms with Gasteiger partial charge in [-0.05, 0) is 11.6 Å². The van der Waals surface area contributed by atoms with Gasteiger partial charge in [-0.1, -0.05) is 18.2 Å². The van der Waals surface area contributed by atoms with Crippen LogP contribution in [0.1, 0.15) is 17.3 Å². The molecule has 0 fully saturated rings. The summed E-state index contributed by atoms with van der Waals surface area (Å²) in [5.41, 5.74) is 2.31. The van der Waals surface area contributed by atoms with E-state index in [0.29, 0.717) is 5.69 Å². The van der Waals surface area contributed by atoms with Crippen LogP contribution < -0.4 is 5.32 Å². The van der Waals surface area contributed by atoms with Crippen molar-refractivity contribution in [1.82, 2.24) is 10.3 Å². The second kappa shape index (κ2) is 5.69. The first-order valence-corrected chi connectivity index (χ1v) is 7.08. The molecule has 6 N–H and O–H groups in total. The van der Waals surface area contributed by atoms with Crippen LogP contribution in [0.5, 0.6) is 0 Å². The molecule has 1 aromatic carbocycles. The van der Waals surface area contributed by atoms with E-state index in [-0.39, 0.29) is 6.42 Å². The monoisotopic (exact) mass is 306 g/mol. The molecule has 0 saturated heterocycles. The van der Waals surface area contributed by atoms with Gasteiger partial charge in [0.15, 0.2) is 0 Å². The van der Waals surface area contributed by atoms with E-state index in [0.717, 1.165) is 16.5 Å². The number of carboxylic acids is 1. The number of para-hydroxylation sites is 1. The van der Waals surface area contributed by atoms with Crippen LogP contribution in [0.3, 0.4) is 0 Å². The van der Waals surface area contributed by atoms with Gasteiger partial charge in [-0.2, -0.15) is 0 Å². The molecular formula is C15H18N2O5. The summed E-state index contributed by atoms with van der Waals surface area (Å²) in [5, 5.41) is 42.0. The maximum Gasteiger partial charge on any atom is 0.321 e. The Morgan fingerprint density at radius 1 is 1.32 bits per heavy atom. The summed E-state index contributed by atoms with van der Waals surface area (Å²) in [6.45, 7) is -0.605. The van der Waals surface area contributed by atoms with Crippen molar-refractivity contribution in [2.75, 3.05) is 6.61 Å². The van der Waals surface area contributed by atoms with E-state index in [4.69, 9.17) is 5.11 Å². The van der Waals surface area contributed by atoms with Gasteiger partial charge in [0, 0.05) is 23.0 Å². The van der Waals surface area contributed by atoms with E-state index in [1.54, 1.807) is 0 Å². The molecule has 0 saturated carbocycles. The molecule has 22 heavy (non-hydrogen) atoms. The number of hydrogen-bond acceptors (Lipinski definition) is 5. The van der Waals surface area contributed by atoms with Crippen molar-refractivity contribution >= 4 is 16.9 Å². The summed E-state index contributed by atoms with van der Waals surface area (Å²) in [4.78, 5) is 14.5. The fourth-order valence-corrected chi connectivity index (χ4v) is 3.03. The maximum absolute atomic E-state index is 11.4. The third-order valence-corrected chi connectivity index (χ3v) is 4.17. The molecule has 4 atom stereocenters. The highest BCUT2D eigenvalue weighted by atomic mass is 16.4. The number of benzene rings is 1. The molecule has 118 valence electrons.